The van der Waals surface area contributed by atoms with E-state index in [1.54, 1.807) is 25.9 Å². The fraction of sp³-hybridized carbons (Fsp3) is 0.447. The minimum absolute atomic E-state index is 0.0670. The lowest BCUT2D eigenvalue weighted by atomic mass is 9.85. The first kappa shape index (κ1) is 44.7. The number of rotatable bonds is 18. The van der Waals surface area contributed by atoms with Gasteiger partial charge in [-0.2, -0.15) is 0 Å². The summed E-state index contributed by atoms with van der Waals surface area (Å²) in [4.78, 5) is 69.7. The van der Waals surface area contributed by atoms with Gasteiger partial charge in [-0.25, -0.2) is 14.6 Å². The minimum Gasteiger partial charge on any atom is -0.390 e. The van der Waals surface area contributed by atoms with E-state index in [1.807, 2.05) is 133 Å². The van der Waals surface area contributed by atoms with Crippen molar-refractivity contribution in [3.8, 4) is 11.3 Å². The first-order valence-electron chi connectivity index (χ1n) is 21.3. The number of carbonyl (C=O) groups is 4. The second-order valence-electron chi connectivity index (χ2n) is 17.3. The summed E-state index contributed by atoms with van der Waals surface area (Å²) >= 11 is 0. The third-order valence-electron chi connectivity index (χ3n) is 11.5. The smallest absolute Gasteiger partial charge is 0.321 e. The van der Waals surface area contributed by atoms with Crippen LogP contribution in [0.15, 0.2) is 97.2 Å². The van der Waals surface area contributed by atoms with Crippen LogP contribution in [0.2, 0.25) is 0 Å². The summed E-state index contributed by atoms with van der Waals surface area (Å²) in [5.74, 6) is -0.926. The highest BCUT2D eigenvalue weighted by Gasteiger charge is 2.43. The van der Waals surface area contributed by atoms with E-state index in [9.17, 15) is 24.3 Å². The van der Waals surface area contributed by atoms with E-state index in [0.717, 1.165) is 33.8 Å². The largest absolute Gasteiger partial charge is 0.390 e. The predicted molar refractivity (Wildman–Crippen MR) is 234 cm³/mol. The first-order chi connectivity index (χ1) is 29.2. The molecule has 0 saturated carbocycles. The molecule has 6 amide bonds. The van der Waals surface area contributed by atoms with Gasteiger partial charge in [0.2, 0.25) is 5.91 Å². The number of aryl methyl sites for hydroxylation is 1. The van der Waals surface area contributed by atoms with Gasteiger partial charge >= 0.3 is 12.1 Å². The van der Waals surface area contributed by atoms with Gasteiger partial charge in [-0.05, 0) is 60.1 Å². The number of pyridine rings is 2. The molecule has 2 aliphatic heterocycles. The van der Waals surface area contributed by atoms with Gasteiger partial charge in [0.05, 0.1) is 30.1 Å². The lowest BCUT2D eigenvalue weighted by Crippen LogP contribution is -2.60. The van der Waals surface area contributed by atoms with Crippen LogP contribution in [-0.2, 0) is 29.1 Å². The van der Waals surface area contributed by atoms with Crippen LogP contribution in [0.4, 0.5) is 9.59 Å². The molecule has 0 bridgehead atoms. The Balaban J connectivity index is 1.26. The van der Waals surface area contributed by atoms with Gasteiger partial charge in [-0.1, -0.05) is 108 Å². The van der Waals surface area contributed by atoms with Crippen molar-refractivity contribution in [3.05, 3.63) is 120 Å². The molecule has 324 valence electrons. The number of nitrogens with one attached hydrogen (secondary N) is 3. The lowest BCUT2D eigenvalue weighted by Gasteiger charge is -2.38. The zero-order valence-corrected chi connectivity index (χ0v) is 36.3. The number of hydrogen-bond acceptors (Lipinski definition) is 8. The molecule has 2 saturated heterocycles. The van der Waals surface area contributed by atoms with Gasteiger partial charge in [0.1, 0.15) is 12.1 Å². The molecule has 0 radical (unpaired) electrons. The summed E-state index contributed by atoms with van der Waals surface area (Å²) in [7, 11) is 0. The minimum atomic E-state index is -1.18. The first-order valence-corrected chi connectivity index (χ1v) is 21.3. The van der Waals surface area contributed by atoms with Gasteiger partial charge in [0, 0.05) is 56.7 Å². The van der Waals surface area contributed by atoms with Gasteiger partial charge in [-0.3, -0.25) is 25.0 Å². The SMILES string of the molecule is CCC(C)C(C(=O)N[C@@H](Cc1ccccc1)[C@@H](O)CN(Cc1ccc(-c2ccccn2)cc1)NC(=O)[C@@H](N1CCNC1=O)C(C)(C)C)N1CCN(Cc2cccc(C)n2)C1=O. The van der Waals surface area contributed by atoms with Crippen LogP contribution in [0, 0.1) is 18.3 Å². The number of urea groups is 2. The molecule has 5 atom stereocenters. The van der Waals surface area contributed by atoms with Crippen LogP contribution in [0.5, 0.6) is 0 Å². The molecule has 61 heavy (non-hydrogen) atoms. The van der Waals surface area contributed by atoms with E-state index < -0.39 is 29.6 Å². The molecular formula is C47H61N9O5. The van der Waals surface area contributed by atoms with Crippen molar-refractivity contribution in [1.29, 1.82) is 0 Å². The molecule has 2 unspecified atom stereocenters. The van der Waals surface area contributed by atoms with Crippen molar-refractivity contribution >= 4 is 23.9 Å². The second-order valence-corrected chi connectivity index (χ2v) is 17.3. The molecule has 2 aromatic carbocycles. The Hall–Kier alpha value is -5.86. The summed E-state index contributed by atoms with van der Waals surface area (Å²) in [6.45, 7) is 13.8. The number of aromatic nitrogens is 2. The Morgan fingerprint density at radius 2 is 1.62 bits per heavy atom. The maximum Gasteiger partial charge on any atom is 0.321 e. The zero-order valence-electron chi connectivity index (χ0n) is 36.3. The van der Waals surface area contributed by atoms with Gasteiger partial charge in [0.25, 0.3) is 5.91 Å². The van der Waals surface area contributed by atoms with E-state index >= 15 is 0 Å². The number of hydrogen-bond donors (Lipinski definition) is 4. The number of benzene rings is 2. The molecule has 2 fully saturated rings. The highest BCUT2D eigenvalue weighted by Crippen LogP contribution is 2.27. The second kappa shape index (κ2) is 20.1. The fourth-order valence-corrected chi connectivity index (χ4v) is 8.23. The van der Waals surface area contributed by atoms with E-state index in [-0.39, 0.29) is 42.9 Å². The Morgan fingerprint density at radius 3 is 2.26 bits per heavy atom. The summed E-state index contributed by atoms with van der Waals surface area (Å²) in [6, 6.07) is 26.0. The molecule has 2 aromatic heterocycles. The molecule has 4 aromatic rings. The van der Waals surface area contributed by atoms with Crippen LogP contribution < -0.4 is 16.1 Å². The number of hydrazine groups is 1. The molecule has 0 aliphatic carbocycles. The number of carbonyl (C=O) groups excluding carboxylic acids is 4. The van der Waals surface area contributed by atoms with Crippen molar-refractivity contribution in [2.45, 2.75) is 91.7 Å². The quantitative estimate of drug-likeness (QED) is 0.1000. The molecule has 4 heterocycles. The molecule has 2 aliphatic rings. The molecular weight excluding hydrogens is 771 g/mol. The van der Waals surface area contributed by atoms with Crippen LogP contribution in [0.1, 0.15) is 63.6 Å². The van der Waals surface area contributed by atoms with Gasteiger partial charge in [0.15, 0.2) is 0 Å². The Morgan fingerprint density at radius 1 is 0.885 bits per heavy atom. The maximum absolute atomic E-state index is 14.6. The van der Waals surface area contributed by atoms with Crippen LogP contribution in [0.25, 0.3) is 11.3 Å². The summed E-state index contributed by atoms with van der Waals surface area (Å²) in [5.41, 5.74) is 7.62. The van der Waals surface area contributed by atoms with Crippen molar-refractivity contribution in [2.24, 2.45) is 11.3 Å². The number of nitrogens with zero attached hydrogens (tertiary/aromatic N) is 6. The van der Waals surface area contributed by atoms with E-state index in [4.69, 9.17) is 0 Å². The normalized spacial score (nSPS) is 16.9. The summed E-state index contributed by atoms with van der Waals surface area (Å²) in [6.07, 6.45) is 1.50. The van der Waals surface area contributed by atoms with Crippen molar-refractivity contribution in [3.63, 3.8) is 0 Å². The average molecular weight is 832 g/mol. The highest BCUT2D eigenvalue weighted by atomic mass is 16.3. The van der Waals surface area contributed by atoms with Crippen molar-refractivity contribution in [2.75, 3.05) is 32.7 Å². The van der Waals surface area contributed by atoms with Crippen molar-refractivity contribution < 1.29 is 24.3 Å². The molecule has 14 heteroatoms. The van der Waals surface area contributed by atoms with E-state index in [1.165, 1.54) is 0 Å². The Labute approximate surface area is 359 Å². The fourth-order valence-electron chi connectivity index (χ4n) is 8.23. The van der Waals surface area contributed by atoms with Gasteiger partial charge < -0.3 is 30.4 Å². The molecule has 4 N–H and O–H groups in total. The van der Waals surface area contributed by atoms with Crippen LogP contribution in [0.3, 0.4) is 0 Å². The number of aliphatic hydroxyl groups excluding tert-OH is 1. The summed E-state index contributed by atoms with van der Waals surface area (Å²) in [5, 5.41) is 19.9. The van der Waals surface area contributed by atoms with E-state index in [2.05, 4.69) is 26.0 Å². The highest BCUT2D eigenvalue weighted by molar-refractivity contribution is 5.89. The van der Waals surface area contributed by atoms with Gasteiger partial charge in [-0.15, -0.1) is 0 Å². The zero-order chi connectivity index (χ0) is 43.7. The number of aliphatic hydroxyl groups is 1. The standard InChI is InChI=1S/C47H61N9O5/c1-7-32(2)41(55-27-26-53(46(55)61)30-37-17-13-14-33(3)50-37)43(58)51-39(28-34-15-9-8-10-16-34)40(57)31-54(29-35-19-21-36(22-20-35)38-18-11-12-23-48-38)52-44(59)42(47(4,5)6)56-25-24-49-45(56)60/h8-23,32,39-42,57H,7,24-31H2,1-6H3,(H,49,60)(H,51,58)(H,52,59)/t32?,39-,40-,41?,42+/m0/s1. The Bertz CT molecular complexity index is 2100. The van der Waals surface area contributed by atoms with Crippen LogP contribution in [-0.4, -0.2) is 116 Å². The lowest BCUT2D eigenvalue weighted by molar-refractivity contribution is -0.135. The number of amides is 6. The van der Waals surface area contributed by atoms with E-state index in [0.29, 0.717) is 45.6 Å². The maximum atomic E-state index is 14.6. The topological polar surface area (TPSA) is 163 Å². The molecule has 14 nitrogen and oxygen atoms in total. The third kappa shape index (κ3) is 11.5. The average Bonchev–Trinajstić information content (AvgIpc) is 3.81. The summed E-state index contributed by atoms with van der Waals surface area (Å²) < 4.78 is 0. The van der Waals surface area contributed by atoms with Crippen LogP contribution >= 0.6 is 0 Å². The Kier molecular flexibility index (Phi) is 14.7. The monoisotopic (exact) mass is 831 g/mol. The molecule has 6 rings (SSSR count). The molecule has 0 spiro atoms. The predicted octanol–water partition coefficient (Wildman–Crippen LogP) is 5.17. The third-order valence-corrected chi connectivity index (χ3v) is 11.5. The van der Waals surface area contributed by atoms with Crippen molar-refractivity contribution in [1.82, 2.24) is 45.7 Å².